The van der Waals surface area contributed by atoms with Gasteiger partial charge >= 0.3 is 11.9 Å². The number of carbonyl (C=O) groups is 2. The van der Waals surface area contributed by atoms with E-state index in [1.807, 2.05) is 0 Å². The van der Waals surface area contributed by atoms with Gasteiger partial charge in [-0.05, 0) is 25.1 Å². The highest BCUT2D eigenvalue weighted by molar-refractivity contribution is 5.84. The van der Waals surface area contributed by atoms with Crippen molar-refractivity contribution in [1.82, 2.24) is 4.98 Å². The molecule has 1 aromatic heterocycles. The van der Waals surface area contributed by atoms with Crippen LogP contribution in [0.15, 0.2) is 24.4 Å². The third-order valence-electron chi connectivity index (χ3n) is 1.82. The third kappa shape index (κ3) is 4.33. The standard InChI is InChI=1S/C11H11NO5/c1-7(11(15)16)17-9-4-2-8(12-6-9)3-5-10(13)14/h2-7H,1H3,(H,13,14)(H,15,16). The highest BCUT2D eigenvalue weighted by Gasteiger charge is 2.12. The molecule has 0 bridgehead atoms. The molecule has 6 nitrogen and oxygen atoms in total. The quantitative estimate of drug-likeness (QED) is 0.742. The second kappa shape index (κ2) is 5.64. The van der Waals surface area contributed by atoms with Crippen LogP contribution in [0.4, 0.5) is 0 Å². The number of carboxylic acids is 2. The first kappa shape index (κ1) is 12.7. The molecular weight excluding hydrogens is 226 g/mol. The lowest BCUT2D eigenvalue weighted by Gasteiger charge is -2.09. The number of pyridine rings is 1. The van der Waals surface area contributed by atoms with Crippen LogP contribution in [0.5, 0.6) is 5.75 Å². The molecule has 1 unspecified atom stereocenters. The van der Waals surface area contributed by atoms with Crippen LogP contribution in [0.25, 0.3) is 6.08 Å². The molecule has 1 atom stereocenters. The minimum atomic E-state index is -1.07. The Balaban J connectivity index is 2.68. The molecule has 1 rings (SSSR count). The molecule has 1 aromatic rings. The van der Waals surface area contributed by atoms with E-state index < -0.39 is 18.0 Å². The Bertz CT molecular complexity index is 438. The van der Waals surface area contributed by atoms with E-state index in [1.54, 1.807) is 0 Å². The first-order valence-electron chi connectivity index (χ1n) is 4.75. The molecule has 90 valence electrons. The highest BCUT2D eigenvalue weighted by atomic mass is 16.5. The van der Waals surface area contributed by atoms with E-state index in [9.17, 15) is 9.59 Å². The Morgan fingerprint density at radius 2 is 2.12 bits per heavy atom. The molecule has 0 aromatic carbocycles. The summed E-state index contributed by atoms with van der Waals surface area (Å²) in [6.45, 7) is 1.40. The van der Waals surface area contributed by atoms with Crippen molar-refractivity contribution in [2.45, 2.75) is 13.0 Å². The highest BCUT2D eigenvalue weighted by Crippen LogP contribution is 2.12. The maximum Gasteiger partial charge on any atom is 0.344 e. The van der Waals surface area contributed by atoms with Crippen LogP contribution < -0.4 is 4.74 Å². The maximum atomic E-state index is 10.5. The van der Waals surface area contributed by atoms with Gasteiger partial charge < -0.3 is 14.9 Å². The number of ether oxygens (including phenoxy) is 1. The minimum Gasteiger partial charge on any atom is -0.479 e. The topological polar surface area (TPSA) is 96.7 Å². The van der Waals surface area contributed by atoms with E-state index in [-0.39, 0.29) is 0 Å². The smallest absolute Gasteiger partial charge is 0.344 e. The monoisotopic (exact) mass is 237 g/mol. The SMILES string of the molecule is CC(Oc1ccc(C=CC(=O)O)nc1)C(=O)O. The fourth-order valence-electron chi connectivity index (χ4n) is 0.971. The Hall–Kier alpha value is -2.37. The zero-order valence-corrected chi connectivity index (χ0v) is 9.03. The second-order valence-corrected chi connectivity index (χ2v) is 3.19. The van der Waals surface area contributed by atoms with Crippen LogP contribution in [0, 0.1) is 0 Å². The Morgan fingerprint density at radius 1 is 1.41 bits per heavy atom. The lowest BCUT2D eigenvalue weighted by Crippen LogP contribution is -2.22. The van der Waals surface area contributed by atoms with Gasteiger partial charge in [-0.1, -0.05) is 0 Å². The van der Waals surface area contributed by atoms with E-state index in [2.05, 4.69) is 4.98 Å². The van der Waals surface area contributed by atoms with Crippen molar-refractivity contribution in [2.24, 2.45) is 0 Å². The summed E-state index contributed by atoms with van der Waals surface area (Å²) in [6.07, 6.45) is 2.66. The predicted octanol–water partition coefficient (Wildman–Crippen LogP) is 1.03. The summed E-state index contributed by atoms with van der Waals surface area (Å²) in [5.41, 5.74) is 0.447. The summed E-state index contributed by atoms with van der Waals surface area (Å²) in [6, 6.07) is 3.05. The van der Waals surface area contributed by atoms with Crippen molar-refractivity contribution in [3.05, 3.63) is 30.1 Å². The fraction of sp³-hybridized carbons (Fsp3) is 0.182. The lowest BCUT2D eigenvalue weighted by molar-refractivity contribution is -0.144. The van der Waals surface area contributed by atoms with Crippen LogP contribution in [-0.4, -0.2) is 33.2 Å². The van der Waals surface area contributed by atoms with E-state index in [0.29, 0.717) is 11.4 Å². The van der Waals surface area contributed by atoms with Crippen molar-refractivity contribution < 1.29 is 24.5 Å². The van der Waals surface area contributed by atoms with Crippen LogP contribution in [-0.2, 0) is 9.59 Å². The van der Waals surface area contributed by atoms with Gasteiger partial charge in [0.05, 0.1) is 11.9 Å². The Morgan fingerprint density at radius 3 is 2.59 bits per heavy atom. The molecule has 0 aliphatic rings. The summed E-state index contributed by atoms with van der Waals surface area (Å²) < 4.78 is 5.05. The van der Waals surface area contributed by atoms with Crippen molar-refractivity contribution in [3.63, 3.8) is 0 Å². The third-order valence-corrected chi connectivity index (χ3v) is 1.82. The summed E-state index contributed by atoms with van der Waals surface area (Å²) in [5.74, 6) is -1.82. The van der Waals surface area contributed by atoms with Crippen LogP contribution in [0.1, 0.15) is 12.6 Å². The minimum absolute atomic E-state index is 0.312. The predicted molar refractivity (Wildman–Crippen MR) is 58.6 cm³/mol. The number of nitrogens with zero attached hydrogens (tertiary/aromatic N) is 1. The van der Waals surface area contributed by atoms with E-state index in [4.69, 9.17) is 14.9 Å². The zero-order valence-electron chi connectivity index (χ0n) is 9.03. The average Bonchev–Trinajstić information content (AvgIpc) is 2.28. The van der Waals surface area contributed by atoms with Gasteiger partial charge in [0.25, 0.3) is 0 Å². The van der Waals surface area contributed by atoms with Gasteiger partial charge in [-0.15, -0.1) is 0 Å². The summed E-state index contributed by atoms with van der Waals surface area (Å²) in [7, 11) is 0. The molecule has 0 spiro atoms. The van der Waals surface area contributed by atoms with E-state index >= 15 is 0 Å². The molecule has 1 heterocycles. The van der Waals surface area contributed by atoms with Crippen molar-refractivity contribution in [1.29, 1.82) is 0 Å². The fourth-order valence-corrected chi connectivity index (χ4v) is 0.971. The van der Waals surface area contributed by atoms with Gasteiger partial charge in [-0.3, -0.25) is 4.98 Å². The molecule has 0 fully saturated rings. The molecular formula is C11H11NO5. The van der Waals surface area contributed by atoms with Gasteiger partial charge in [-0.2, -0.15) is 0 Å². The molecule has 0 saturated heterocycles. The maximum absolute atomic E-state index is 10.5. The molecule has 2 N–H and O–H groups in total. The van der Waals surface area contributed by atoms with Crippen LogP contribution >= 0.6 is 0 Å². The van der Waals surface area contributed by atoms with Crippen LogP contribution in [0.2, 0.25) is 0 Å². The average molecular weight is 237 g/mol. The zero-order chi connectivity index (χ0) is 12.8. The first-order chi connectivity index (χ1) is 7.99. The summed E-state index contributed by atoms with van der Waals surface area (Å²) >= 11 is 0. The number of rotatable bonds is 5. The summed E-state index contributed by atoms with van der Waals surface area (Å²) in [5, 5.41) is 17.0. The molecule has 6 heteroatoms. The Kier molecular flexibility index (Phi) is 4.21. The molecule has 0 saturated carbocycles. The molecule has 0 amide bonds. The normalized spacial score (nSPS) is 12.3. The number of carboxylic acid groups (broad SMARTS) is 2. The number of hydrogen-bond donors (Lipinski definition) is 2. The van der Waals surface area contributed by atoms with Gasteiger partial charge in [0.1, 0.15) is 5.75 Å². The number of aromatic nitrogens is 1. The van der Waals surface area contributed by atoms with Crippen molar-refractivity contribution in [3.8, 4) is 5.75 Å². The largest absolute Gasteiger partial charge is 0.479 e. The Labute approximate surface area is 97.2 Å². The molecule has 0 aliphatic carbocycles. The first-order valence-corrected chi connectivity index (χ1v) is 4.75. The molecule has 0 radical (unpaired) electrons. The molecule has 0 aliphatic heterocycles. The van der Waals surface area contributed by atoms with Gasteiger partial charge in [-0.25, -0.2) is 9.59 Å². The lowest BCUT2D eigenvalue weighted by atomic mass is 10.3. The van der Waals surface area contributed by atoms with Crippen molar-refractivity contribution in [2.75, 3.05) is 0 Å². The van der Waals surface area contributed by atoms with Crippen molar-refractivity contribution >= 4 is 18.0 Å². The van der Waals surface area contributed by atoms with E-state index in [1.165, 1.54) is 31.3 Å². The second-order valence-electron chi connectivity index (χ2n) is 3.19. The molecule has 17 heavy (non-hydrogen) atoms. The van der Waals surface area contributed by atoms with Gasteiger partial charge in [0.2, 0.25) is 0 Å². The number of aliphatic carboxylic acids is 2. The van der Waals surface area contributed by atoms with Gasteiger partial charge in [0.15, 0.2) is 6.10 Å². The van der Waals surface area contributed by atoms with E-state index in [0.717, 1.165) is 6.08 Å². The van der Waals surface area contributed by atoms with Crippen LogP contribution in [0.3, 0.4) is 0 Å². The van der Waals surface area contributed by atoms with Gasteiger partial charge in [0, 0.05) is 6.08 Å². The number of hydrogen-bond acceptors (Lipinski definition) is 4. The summed E-state index contributed by atoms with van der Waals surface area (Å²) in [4.78, 5) is 24.7.